The van der Waals surface area contributed by atoms with Gasteiger partial charge in [0.05, 0.1) is 5.69 Å². The second-order valence-electron chi connectivity index (χ2n) is 2.69. The lowest BCUT2D eigenvalue weighted by atomic mass is 10.3. The fraction of sp³-hybridized carbons (Fsp3) is 0.111. The van der Waals surface area contributed by atoms with Crippen molar-refractivity contribution >= 4 is 34.3 Å². The monoisotopic (exact) mass is 210 g/mol. The molecule has 14 heavy (non-hydrogen) atoms. The Labute approximate surface area is 84.9 Å². The van der Waals surface area contributed by atoms with Gasteiger partial charge in [0.25, 0.3) is 0 Å². The molecule has 5 heteroatoms. The lowest BCUT2D eigenvalue weighted by molar-refractivity contribution is -0.113. The molecule has 0 bridgehead atoms. The number of oxazole rings is 1. The first-order valence-corrected chi connectivity index (χ1v) is 4.53. The summed E-state index contributed by atoms with van der Waals surface area (Å²) in [6.45, 7) is 0. The molecular weight excluding hydrogens is 204 g/mol. The summed E-state index contributed by atoms with van der Waals surface area (Å²) in [6, 6.07) is 5.30. The molecule has 0 aliphatic carbocycles. The highest BCUT2D eigenvalue weighted by molar-refractivity contribution is 6.29. The Kier molecular flexibility index (Phi) is 2.37. The van der Waals surface area contributed by atoms with E-state index in [2.05, 4.69) is 10.3 Å². The minimum Gasteiger partial charge on any atom is -0.443 e. The van der Waals surface area contributed by atoms with E-state index >= 15 is 0 Å². The SMILES string of the molecule is O=C(CCl)Nc1cccc2ocnc12. The number of carbonyl (C=O) groups is 1. The number of nitrogens with zero attached hydrogens (tertiary/aromatic N) is 1. The van der Waals surface area contributed by atoms with Crippen LogP contribution >= 0.6 is 11.6 Å². The summed E-state index contributed by atoms with van der Waals surface area (Å²) < 4.78 is 5.08. The summed E-state index contributed by atoms with van der Waals surface area (Å²) in [5, 5.41) is 2.63. The van der Waals surface area contributed by atoms with Crippen LogP contribution in [0.3, 0.4) is 0 Å². The maximum absolute atomic E-state index is 11.0. The fourth-order valence-electron chi connectivity index (χ4n) is 1.17. The van der Waals surface area contributed by atoms with E-state index in [1.165, 1.54) is 6.39 Å². The largest absolute Gasteiger partial charge is 0.443 e. The third kappa shape index (κ3) is 1.56. The number of benzene rings is 1. The maximum atomic E-state index is 11.0. The van der Waals surface area contributed by atoms with Gasteiger partial charge in [-0.25, -0.2) is 4.98 Å². The number of hydrogen-bond donors (Lipinski definition) is 1. The number of anilines is 1. The topological polar surface area (TPSA) is 55.1 Å². The van der Waals surface area contributed by atoms with Gasteiger partial charge in [0.1, 0.15) is 11.4 Å². The molecule has 0 unspecified atom stereocenters. The number of alkyl halides is 1. The minimum absolute atomic E-state index is 0.0752. The zero-order valence-electron chi connectivity index (χ0n) is 7.16. The van der Waals surface area contributed by atoms with Crippen molar-refractivity contribution in [1.29, 1.82) is 0 Å². The van der Waals surface area contributed by atoms with Crippen LogP contribution in [0, 0.1) is 0 Å². The molecule has 1 heterocycles. The Bertz CT molecular complexity index is 467. The molecule has 0 aliphatic heterocycles. The number of aromatic nitrogens is 1. The van der Waals surface area contributed by atoms with E-state index in [4.69, 9.17) is 16.0 Å². The predicted octanol–water partition coefficient (Wildman–Crippen LogP) is 2.01. The van der Waals surface area contributed by atoms with Crippen molar-refractivity contribution in [1.82, 2.24) is 4.98 Å². The van der Waals surface area contributed by atoms with Crippen LogP contribution in [0.1, 0.15) is 0 Å². The summed E-state index contributed by atoms with van der Waals surface area (Å²) in [6.07, 6.45) is 1.33. The summed E-state index contributed by atoms with van der Waals surface area (Å²) in [5.74, 6) is -0.337. The molecule has 72 valence electrons. The fourth-order valence-corrected chi connectivity index (χ4v) is 1.24. The highest BCUT2D eigenvalue weighted by Gasteiger charge is 2.06. The van der Waals surface area contributed by atoms with Crippen LogP contribution in [0.15, 0.2) is 29.0 Å². The quantitative estimate of drug-likeness (QED) is 0.772. The summed E-state index contributed by atoms with van der Waals surface area (Å²) in [4.78, 5) is 15.0. The molecule has 0 radical (unpaired) electrons. The van der Waals surface area contributed by atoms with Crippen molar-refractivity contribution in [2.75, 3.05) is 11.2 Å². The normalized spacial score (nSPS) is 10.4. The van der Waals surface area contributed by atoms with Crippen molar-refractivity contribution in [3.8, 4) is 0 Å². The van der Waals surface area contributed by atoms with E-state index in [-0.39, 0.29) is 11.8 Å². The van der Waals surface area contributed by atoms with Crippen LogP contribution < -0.4 is 5.32 Å². The summed E-state index contributed by atoms with van der Waals surface area (Å²) in [7, 11) is 0. The molecule has 0 aliphatic rings. The van der Waals surface area contributed by atoms with Gasteiger partial charge in [-0.1, -0.05) is 6.07 Å². The van der Waals surface area contributed by atoms with Crippen molar-refractivity contribution in [3.63, 3.8) is 0 Å². The Balaban J connectivity index is 2.41. The van der Waals surface area contributed by atoms with Gasteiger partial charge in [-0.2, -0.15) is 0 Å². The van der Waals surface area contributed by atoms with Crippen molar-refractivity contribution < 1.29 is 9.21 Å². The van der Waals surface area contributed by atoms with Crippen molar-refractivity contribution in [2.45, 2.75) is 0 Å². The number of rotatable bonds is 2. The maximum Gasteiger partial charge on any atom is 0.239 e. The number of nitrogens with one attached hydrogen (secondary N) is 1. The average molecular weight is 211 g/mol. The van der Waals surface area contributed by atoms with E-state index < -0.39 is 0 Å². The molecule has 2 rings (SSSR count). The van der Waals surface area contributed by atoms with Crippen LogP contribution in [0.2, 0.25) is 0 Å². The van der Waals surface area contributed by atoms with E-state index in [1.807, 2.05) is 0 Å². The first-order valence-electron chi connectivity index (χ1n) is 3.99. The van der Waals surface area contributed by atoms with Gasteiger partial charge in [-0.3, -0.25) is 4.79 Å². The molecule has 0 saturated heterocycles. The Hall–Kier alpha value is -1.55. The molecule has 0 fully saturated rings. The van der Waals surface area contributed by atoms with E-state index in [9.17, 15) is 4.79 Å². The van der Waals surface area contributed by atoms with Gasteiger partial charge in [0.15, 0.2) is 12.0 Å². The number of amides is 1. The number of carbonyl (C=O) groups excluding carboxylic acids is 1. The lowest BCUT2D eigenvalue weighted by Crippen LogP contribution is -2.12. The standard InChI is InChI=1S/C9H7ClN2O2/c10-4-8(13)12-6-2-1-3-7-9(6)11-5-14-7/h1-3,5H,4H2,(H,12,13). The van der Waals surface area contributed by atoms with Gasteiger partial charge in [-0.05, 0) is 12.1 Å². The van der Waals surface area contributed by atoms with E-state index in [0.717, 1.165) is 0 Å². The van der Waals surface area contributed by atoms with Crippen LogP contribution in [-0.4, -0.2) is 16.8 Å². The molecule has 1 aromatic carbocycles. The molecule has 1 amide bonds. The predicted molar refractivity (Wildman–Crippen MR) is 53.4 cm³/mol. The van der Waals surface area contributed by atoms with E-state index in [0.29, 0.717) is 16.8 Å². The van der Waals surface area contributed by atoms with Gasteiger partial charge in [0.2, 0.25) is 5.91 Å². The third-order valence-electron chi connectivity index (χ3n) is 1.76. The summed E-state index contributed by atoms with van der Waals surface area (Å²) in [5.41, 5.74) is 1.88. The van der Waals surface area contributed by atoms with E-state index in [1.54, 1.807) is 18.2 Å². The van der Waals surface area contributed by atoms with Crippen LogP contribution in [0.25, 0.3) is 11.1 Å². The molecule has 0 spiro atoms. The van der Waals surface area contributed by atoms with Crippen molar-refractivity contribution in [3.05, 3.63) is 24.6 Å². The third-order valence-corrected chi connectivity index (χ3v) is 2.00. The molecular formula is C9H7ClN2O2. The number of para-hydroxylation sites is 1. The first-order chi connectivity index (χ1) is 6.81. The number of halogens is 1. The van der Waals surface area contributed by atoms with Crippen molar-refractivity contribution in [2.24, 2.45) is 0 Å². The Morgan fingerprint density at radius 1 is 1.57 bits per heavy atom. The molecule has 1 aromatic heterocycles. The highest BCUT2D eigenvalue weighted by atomic mass is 35.5. The smallest absolute Gasteiger partial charge is 0.239 e. The molecule has 4 nitrogen and oxygen atoms in total. The van der Waals surface area contributed by atoms with Gasteiger partial charge in [0, 0.05) is 0 Å². The zero-order chi connectivity index (χ0) is 9.97. The molecule has 0 atom stereocenters. The van der Waals surface area contributed by atoms with Gasteiger partial charge in [-0.15, -0.1) is 11.6 Å². The molecule has 0 saturated carbocycles. The molecule has 2 aromatic rings. The van der Waals surface area contributed by atoms with Crippen LogP contribution in [0.4, 0.5) is 5.69 Å². The van der Waals surface area contributed by atoms with Crippen LogP contribution in [-0.2, 0) is 4.79 Å². The number of fused-ring (bicyclic) bond motifs is 1. The number of hydrogen-bond acceptors (Lipinski definition) is 3. The Morgan fingerprint density at radius 2 is 2.43 bits per heavy atom. The Morgan fingerprint density at radius 3 is 3.21 bits per heavy atom. The molecule has 1 N–H and O–H groups in total. The lowest BCUT2D eigenvalue weighted by Gasteiger charge is -2.01. The highest BCUT2D eigenvalue weighted by Crippen LogP contribution is 2.21. The second kappa shape index (κ2) is 3.67. The average Bonchev–Trinajstić information content (AvgIpc) is 2.66. The zero-order valence-corrected chi connectivity index (χ0v) is 7.91. The minimum atomic E-state index is -0.262. The second-order valence-corrected chi connectivity index (χ2v) is 2.95. The first kappa shape index (κ1) is 9.02. The van der Waals surface area contributed by atoms with Gasteiger partial charge >= 0.3 is 0 Å². The van der Waals surface area contributed by atoms with Crippen LogP contribution in [0.5, 0.6) is 0 Å². The summed E-state index contributed by atoms with van der Waals surface area (Å²) >= 11 is 5.37. The van der Waals surface area contributed by atoms with Gasteiger partial charge < -0.3 is 9.73 Å².